The molecular weight excluding hydrogens is 280 g/mol. The van der Waals surface area contributed by atoms with Crippen LogP contribution < -0.4 is 5.73 Å². The fourth-order valence-corrected chi connectivity index (χ4v) is 4.13. The van der Waals surface area contributed by atoms with Gasteiger partial charge in [0.25, 0.3) is 0 Å². The van der Waals surface area contributed by atoms with Crippen molar-refractivity contribution in [2.24, 2.45) is 0 Å². The molecule has 20 heavy (non-hydrogen) atoms. The molecule has 7 nitrogen and oxygen atoms in total. The normalized spacial score (nSPS) is 24.9. The highest BCUT2D eigenvalue weighted by Gasteiger charge is 2.37. The second kappa shape index (κ2) is 5.34. The van der Waals surface area contributed by atoms with Crippen molar-refractivity contribution in [3.63, 3.8) is 0 Å². The van der Waals surface area contributed by atoms with E-state index >= 15 is 0 Å². The van der Waals surface area contributed by atoms with E-state index in [1.165, 1.54) is 10.5 Å². The smallest absolute Gasteiger partial charge is 0.248 e. The maximum absolute atomic E-state index is 12.6. The number of rotatable bonds is 4. The Balaban J connectivity index is 2.30. The highest BCUT2D eigenvalue weighted by Crippen LogP contribution is 2.28. The van der Waals surface area contributed by atoms with E-state index in [-0.39, 0.29) is 17.3 Å². The molecule has 1 saturated heterocycles. The Hall–Kier alpha value is -1.12. The van der Waals surface area contributed by atoms with Crippen molar-refractivity contribution < 1.29 is 13.5 Å². The second-order valence-electron chi connectivity index (χ2n) is 5.58. The summed E-state index contributed by atoms with van der Waals surface area (Å²) in [7, 11) is -3.70. The number of aromatic nitrogens is 2. The minimum absolute atomic E-state index is 0.0173. The molecule has 3 N–H and O–H groups in total. The van der Waals surface area contributed by atoms with Gasteiger partial charge in [-0.2, -0.15) is 9.40 Å². The third-order valence-electron chi connectivity index (χ3n) is 3.47. The van der Waals surface area contributed by atoms with E-state index in [0.29, 0.717) is 25.9 Å². The van der Waals surface area contributed by atoms with Gasteiger partial charge in [-0.3, -0.25) is 4.68 Å². The molecule has 0 bridgehead atoms. The fourth-order valence-electron chi connectivity index (χ4n) is 2.48. The van der Waals surface area contributed by atoms with E-state index < -0.39 is 15.6 Å². The summed E-state index contributed by atoms with van der Waals surface area (Å²) in [4.78, 5) is 0.0312. The minimum atomic E-state index is -3.70. The number of hydrogen-bond acceptors (Lipinski definition) is 5. The summed E-state index contributed by atoms with van der Waals surface area (Å²) in [5.74, 6) is 0.0173. The zero-order valence-electron chi connectivity index (χ0n) is 11.9. The number of β-amino-alcohol motifs (C(OH)–C–C–N with tert-alkyl or cyclic N) is 1. The number of sulfonamides is 1. The molecule has 1 aromatic rings. The topological polar surface area (TPSA) is 101 Å². The van der Waals surface area contributed by atoms with Crippen LogP contribution in [-0.2, 0) is 16.6 Å². The molecule has 0 radical (unpaired) electrons. The zero-order valence-corrected chi connectivity index (χ0v) is 12.7. The lowest BCUT2D eigenvalue weighted by Gasteiger charge is -2.35. The van der Waals surface area contributed by atoms with E-state index in [2.05, 4.69) is 5.10 Å². The highest BCUT2D eigenvalue weighted by molar-refractivity contribution is 7.89. The summed E-state index contributed by atoms with van der Waals surface area (Å²) < 4.78 is 28.0. The van der Waals surface area contributed by atoms with Crippen molar-refractivity contribution >= 4 is 15.8 Å². The van der Waals surface area contributed by atoms with Crippen molar-refractivity contribution in [3.8, 4) is 0 Å². The maximum Gasteiger partial charge on any atom is 0.248 e. The van der Waals surface area contributed by atoms with Crippen LogP contribution in [0.25, 0.3) is 0 Å². The van der Waals surface area contributed by atoms with Gasteiger partial charge < -0.3 is 10.8 Å². The predicted octanol–water partition coefficient (Wildman–Crippen LogP) is 0.411. The van der Waals surface area contributed by atoms with Crippen molar-refractivity contribution in [1.29, 1.82) is 0 Å². The summed E-state index contributed by atoms with van der Waals surface area (Å²) in [6.07, 6.45) is 3.55. The summed E-state index contributed by atoms with van der Waals surface area (Å²) in [5.41, 5.74) is 4.75. The first-order valence-electron chi connectivity index (χ1n) is 6.82. The monoisotopic (exact) mass is 302 g/mol. The molecule has 114 valence electrons. The van der Waals surface area contributed by atoms with Gasteiger partial charge in [0, 0.05) is 25.8 Å². The predicted molar refractivity (Wildman–Crippen MR) is 75.5 cm³/mol. The Morgan fingerprint density at radius 3 is 2.85 bits per heavy atom. The molecule has 0 aliphatic carbocycles. The average Bonchev–Trinajstić information content (AvgIpc) is 2.70. The number of aliphatic hydroxyl groups is 1. The largest absolute Gasteiger partial charge is 0.389 e. The lowest BCUT2D eigenvalue weighted by molar-refractivity contribution is 0.00941. The molecule has 0 aromatic carbocycles. The second-order valence-corrected chi connectivity index (χ2v) is 7.49. The van der Waals surface area contributed by atoms with Gasteiger partial charge >= 0.3 is 0 Å². The van der Waals surface area contributed by atoms with Crippen LogP contribution >= 0.6 is 0 Å². The molecule has 1 aliphatic rings. The van der Waals surface area contributed by atoms with E-state index in [1.807, 2.05) is 6.92 Å². The molecule has 1 aliphatic heterocycles. The molecule has 2 rings (SSSR count). The van der Waals surface area contributed by atoms with Crippen LogP contribution in [0.15, 0.2) is 11.1 Å². The number of nitrogens with zero attached hydrogens (tertiary/aromatic N) is 3. The molecule has 1 fully saturated rings. The molecule has 0 amide bonds. The van der Waals surface area contributed by atoms with Gasteiger partial charge in [-0.05, 0) is 26.2 Å². The first kappa shape index (κ1) is 15.3. The van der Waals surface area contributed by atoms with Crippen LogP contribution in [-0.4, -0.2) is 46.3 Å². The zero-order chi connectivity index (χ0) is 15.0. The number of anilines is 1. The third-order valence-corrected chi connectivity index (χ3v) is 5.33. The van der Waals surface area contributed by atoms with Gasteiger partial charge in [-0.25, -0.2) is 8.42 Å². The SMILES string of the molecule is CCCn1cc(S(=O)(=O)N2CCCC(C)(O)C2)c(N)n1. The van der Waals surface area contributed by atoms with Crippen molar-refractivity contribution in [3.05, 3.63) is 6.20 Å². The molecule has 2 heterocycles. The molecule has 1 unspecified atom stereocenters. The molecule has 0 spiro atoms. The molecular formula is C12H22N4O3S. The fraction of sp³-hybridized carbons (Fsp3) is 0.750. The van der Waals surface area contributed by atoms with Crippen molar-refractivity contribution in [1.82, 2.24) is 14.1 Å². The van der Waals surface area contributed by atoms with Gasteiger partial charge in [-0.1, -0.05) is 6.92 Å². The number of hydrogen-bond donors (Lipinski definition) is 2. The molecule has 1 aromatic heterocycles. The summed E-state index contributed by atoms with van der Waals surface area (Å²) >= 11 is 0. The van der Waals surface area contributed by atoms with Gasteiger partial charge in [0.05, 0.1) is 5.60 Å². The first-order valence-corrected chi connectivity index (χ1v) is 8.26. The van der Waals surface area contributed by atoms with Crippen LogP contribution in [0.1, 0.15) is 33.1 Å². The Bertz CT molecular complexity index is 580. The maximum atomic E-state index is 12.6. The van der Waals surface area contributed by atoms with E-state index in [4.69, 9.17) is 5.73 Å². The number of piperidine rings is 1. The van der Waals surface area contributed by atoms with Crippen molar-refractivity contribution in [2.45, 2.75) is 50.2 Å². The first-order chi connectivity index (χ1) is 9.26. The molecule has 1 atom stereocenters. The molecule has 8 heteroatoms. The van der Waals surface area contributed by atoms with E-state index in [1.54, 1.807) is 11.6 Å². The van der Waals surface area contributed by atoms with Crippen LogP contribution in [0.4, 0.5) is 5.82 Å². The number of aryl methyl sites for hydroxylation is 1. The number of nitrogens with two attached hydrogens (primary N) is 1. The van der Waals surface area contributed by atoms with Crippen LogP contribution in [0.3, 0.4) is 0 Å². The van der Waals surface area contributed by atoms with E-state index in [0.717, 1.165) is 6.42 Å². The van der Waals surface area contributed by atoms with Gasteiger partial charge in [-0.15, -0.1) is 0 Å². The minimum Gasteiger partial charge on any atom is -0.389 e. The van der Waals surface area contributed by atoms with Crippen molar-refractivity contribution in [2.75, 3.05) is 18.8 Å². The molecule has 0 saturated carbocycles. The highest BCUT2D eigenvalue weighted by atomic mass is 32.2. The van der Waals surface area contributed by atoms with Gasteiger partial charge in [0.2, 0.25) is 10.0 Å². The van der Waals surface area contributed by atoms with Crippen LogP contribution in [0, 0.1) is 0 Å². The lowest BCUT2D eigenvalue weighted by Crippen LogP contribution is -2.48. The quantitative estimate of drug-likeness (QED) is 0.839. The lowest BCUT2D eigenvalue weighted by atomic mass is 9.97. The van der Waals surface area contributed by atoms with Gasteiger partial charge in [0.1, 0.15) is 4.90 Å². The Labute approximate surface area is 119 Å². The Morgan fingerprint density at radius 2 is 2.25 bits per heavy atom. The Morgan fingerprint density at radius 1 is 1.55 bits per heavy atom. The summed E-state index contributed by atoms with van der Waals surface area (Å²) in [5, 5.41) is 14.1. The summed E-state index contributed by atoms with van der Waals surface area (Å²) in [6.45, 7) is 4.74. The standard InChI is InChI=1S/C12H22N4O3S/c1-3-6-15-8-10(11(13)14-15)20(18,19)16-7-4-5-12(2,17)9-16/h8,17H,3-7,9H2,1-2H3,(H2,13,14). The third kappa shape index (κ3) is 2.97. The van der Waals surface area contributed by atoms with Crippen LogP contribution in [0.2, 0.25) is 0 Å². The average molecular weight is 302 g/mol. The van der Waals surface area contributed by atoms with Gasteiger partial charge in [0.15, 0.2) is 5.82 Å². The van der Waals surface area contributed by atoms with Crippen LogP contribution in [0.5, 0.6) is 0 Å². The summed E-state index contributed by atoms with van der Waals surface area (Å²) in [6, 6.07) is 0. The van der Waals surface area contributed by atoms with E-state index in [9.17, 15) is 13.5 Å². The number of nitrogen functional groups attached to an aromatic ring is 1. The Kier molecular flexibility index (Phi) is 4.08.